The van der Waals surface area contributed by atoms with E-state index in [1.54, 1.807) is 18.2 Å². The largest absolute Gasteiger partial charge is 0.496 e. The van der Waals surface area contributed by atoms with E-state index in [9.17, 15) is 9.18 Å². The molecule has 0 unspecified atom stereocenters. The van der Waals surface area contributed by atoms with E-state index in [2.05, 4.69) is 0 Å². The third-order valence-corrected chi connectivity index (χ3v) is 2.83. The van der Waals surface area contributed by atoms with Gasteiger partial charge in [0.05, 0.1) is 13.7 Å². The summed E-state index contributed by atoms with van der Waals surface area (Å²) in [7, 11) is 1.47. The van der Waals surface area contributed by atoms with E-state index in [0.717, 1.165) is 0 Å². The summed E-state index contributed by atoms with van der Waals surface area (Å²) in [6.45, 7) is -0.159. The second-order valence-electron chi connectivity index (χ2n) is 4.02. The number of benzene rings is 2. The number of methoxy groups -OCH3 is 1. The number of halogens is 1. The van der Waals surface area contributed by atoms with Gasteiger partial charge in [-0.2, -0.15) is 0 Å². The van der Waals surface area contributed by atoms with E-state index in [-0.39, 0.29) is 18.2 Å². The molecule has 0 spiro atoms. The van der Waals surface area contributed by atoms with Crippen molar-refractivity contribution >= 4 is 5.78 Å². The summed E-state index contributed by atoms with van der Waals surface area (Å²) in [5, 5.41) is 9.12. The van der Waals surface area contributed by atoms with Crippen LogP contribution in [0.25, 0.3) is 0 Å². The number of ether oxygens (including phenoxy) is 1. The lowest BCUT2D eigenvalue weighted by Gasteiger charge is -2.08. The molecule has 2 rings (SSSR count). The molecular formula is C15H13FO3. The Morgan fingerprint density at radius 2 is 1.79 bits per heavy atom. The van der Waals surface area contributed by atoms with Gasteiger partial charge in [-0.25, -0.2) is 4.39 Å². The normalized spacial score (nSPS) is 10.3. The van der Waals surface area contributed by atoms with Gasteiger partial charge < -0.3 is 9.84 Å². The van der Waals surface area contributed by atoms with Crippen molar-refractivity contribution in [2.24, 2.45) is 0 Å². The molecule has 0 aromatic heterocycles. The van der Waals surface area contributed by atoms with Crippen LogP contribution in [0.2, 0.25) is 0 Å². The first-order valence-corrected chi connectivity index (χ1v) is 5.73. The van der Waals surface area contributed by atoms with Gasteiger partial charge >= 0.3 is 0 Å². The predicted octanol–water partition coefficient (Wildman–Crippen LogP) is 2.56. The summed E-state index contributed by atoms with van der Waals surface area (Å²) in [6, 6.07) is 10.2. The van der Waals surface area contributed by atoms with Crippen molar-refractivity contribution < 1.29 is 19.0 Å². The molecule has 0 saturated carbocycles. The first kappa shape index (κ1) is 13.2. The zero-order valence-electron chi connectivity index (χ0n) is 10.4. The van der Waals surface area contributed by atoms with Gasteiger partial charge in [0.15, 0.2) is 5.78 Å². The maximum absolute atomic E-state index is 12.8. The summed E-state index contributed by atoms with van der Waals surface area (Å²) in [6.07, 6.45) is 0. The molecule has 0 aliphatic rings. The number of carbonyl (C=O) groups is 1. The van der Waals surface area contributed by atoms with Gasteiger partial charge in [0.25, 0.3) is 0 Å². The molecule has 98 valence electrons. The van der Waals surface area contributed by atoms with Crippen LogP contribution < -0.4 is 4.74 Å². The molecule has 4 heteroatoms. The molecule has 0 fully saturated rings. The Labute approximate surface area is 110 Å². The maximum atomic E-state index is 12.8. The number of hydrogen-bond donors (Lipinski definition) is 1. The van der Waals surface area contributed by atoms with Gasteiger partial charge in [0.1, 0.15) is 11.6 Å². The van der Waals surface area contributed by atoms with Crippen LogP contribution in [0.4, 0.5) is 4.39 Å². The summed E-state index contributed by atoms with van der Waals surface area (Å²) < 4.78 is 17.9. The highest BCUT2D eigenvalue weighted by Crippen LogP contribution is 2.22. The number of ketones is 1. The van der Waals surface area contributed by atoms with Crippen LogP contribution >= 0.6 is 0 Å². The van der Waals surface area contributed by atoms with E-state index in [0.29, 0.717) is 22.4 Å². The second kappa shape index (κ2) is 5.63. The molecule has 0 aliphatic heterocycles. The zero-order chi connectivity index (χ0) is 13.8. The molecule has 19 heavy (non-hydrogen) atoms. The molecule has 0 heterocycles. The van der Waals surface area contributed by atoms with Crippen LogP contribution in [-0.2, 0) is 6.61 Å². The van der Waals surface area contributed by atoms with E-state index < -0.39 is 0 Å². The molecule has 2 aromatic rings. The van der Waals surface area contributed by atoms with Crippen LogP contribution in [0.1, 0.15) is 21.5 Å². The number of aliphatic hydroxyl groups is 1. The van der Waals surface area contributed by atoms with Crippen molar-refractivity contribution in [1.82, 2.24) is 0 Å². The van der Waals surface area contributed by atoms with Crippen molar-refractivity contribution in [3.63, 3.8) is 0 Å². The van der Waals surface area contributed by atoms with Crippen molar-refractivity contribution in [3.8, 4) is 5.75 Å². The summed E-state index contributed by atoms with van der Waals surface area (Å²) in [4.78, 5) is 12.2. The summed E-state index contributed by atoms with van der Waals surface area (Å²) in [5.74, 6) is -0.150. The Kier molecular flexibility index (Phi) is 3.92. The smallest absolute Gasteiger partial charge is 0.193 e. The van der Waals surface area contributed by atoms with E-state index in [1.807, 2.05) is 0 Å². The predicted molar refractivity (Wildman–Crippen MR) is 68.7 cm³/mol. The van der Waals surface area contributed by atoms with Crippen molar-refractivity contribution in [3.05, 3.63) is 65.0 Å². The average Bonchev–Trinajstić information content (AvgIpc) is 2.46. The van der Waals surface area contributed by atoms with Gasteiger partial charge in [0.2, 0.25) is 0 Å². The van der Waals surface area contributed by atoms with Crippen LogP contribution in [0, 0.1) is 5.82 Å². The highest BCUT2D eigenvalue weighted by molar-refractivity contribution is 6.09. The molecule has 0 aliphatic carbocycles. The quantitative estimate of drug-likeness (QED) is 0.859. The van der Waals surface area contributed by atoms with Crippen molar-refractivity contribution in [1.29, 1.82) is 0 Å². The lowest BCUT2D eigenvalue weighted by molar-refractivity contribution is 0.103. The Morgan fingerprint density at radius 1 is 1.16 bits per heavy atom. The first-order chi connectivity index (χ1) is 9.15. The van der Waals surface area contributed by atoms with E-state index >= 15 is 0 Å². The van der Waals surface area contributed by atoms with Gasteiger partial charge in [-0.3, -0.25) is 4.79 Å². The monoisotopic (exact) mass is 260 g/mol. The summed E-state index contributed by atoms with van der Waals surface area (Å²) in [5.41, 5.74) is 1.44. The minimum absolute atomic E-state index is 0.159. The SMILES string of the molecule is COc1cc(C(=O)c2ccc(F)cc2)ccc1CO. The molecule has 1 N–H and O–H groups in total. The fourth-order valence-electron chi connectivity index (χ4n) is 1.78. The average molecular weight is 260 g/mol. The number of aliphatic hydroxyl groups excluding tert-OH is 1. The van der Waals surface area contributed by atoms with Gasteiger partial charge in [-0.1, -0.05) is 12.1 Å². The first-order valence-electron chi connectivity index (χ1n) is 5.73. The molecule has 0 saturated heterocycles. The lowest BCUT2D eigenvalue weighted by Crippen LogP contribution is -2.03. The van der Waals surface area contributed by atoms with E-state index in [1.165, 1.54) is 31.4 Å². The number of hydrogen-bond acceptors (Lipinski definition) is 3. The third-order valence-electron chi connectivity index (χ3n) is 2.83. The minimum atomic E-state index is -0.384. The maximum Gasteiger partial charge on any atom is 0.193 e. The van der Waals surface area contributed by atoms with Crippen molar-refractivity contribution in [2.45, 2.75) is 6.61 Å². The Balaban J connectivity index is 2.36. The Hall–Kier alpha value is -2.20. The standard InChI is InChI=1S/C15H13FO3/c1-19-14-8-11(2-3-12(14)9-17)15(18)10-4-6-13(16)7-5-10/h2-8,17H,9H2,1H3. The summed E-state index contributed by atoms with van der Waals surface area (Å²) >= 11 is 0. The van der Waals surface area contributed by atoms with Crippen LogP contribution in [0.3, 0.4) is 0 Å². The fourth-order valence-corrected chi connectivity index (χ4v) is 1.78. The molecule has 0 atom stereocenters. The van der Waals surface area contributed by atoms with Gasteiger partial charge in [-0.15, -0.1) is 0 Å². The van der Waals surface area contributed by atoms with Crippen molar-refractivity contribution in [2.75, 3.05) is 7.11 Å². The molecule has 3 nitrogen and oxygen atoms in total. The molecular weight excluding hydrogens is 247 g/mol. The Morgan fingerprint density at radius 3 is 2.37 bits per heavy atom. The highest BCUT2D eigenvalue weighted by atomic mass is 19.1. The topological polar surface area (TPSA) is 46.5 Å². The highest BCUT2D eigenvalue weighted by Gasteiger charge is 2.12. The third kappa shape index (κ3) is 2.80. The fraction of sp³-hybridized carbons (Fsp3) is 0.133. The van der Waals surface area contributed by atoms with Crippen LogP contribution in [0.15, 0.2) is 42.5 Å². The minimum Gasteiger partial charge on any atom is -0.496 e. The van der Waals surface area contributed by atoms with Gasteiger partial charge in [-0.05, 0) is 30.3 Å². The molecule has 2 aromatic carbocycles. The number of carbonyl (C=O) groups excluding carboxylic acids is 1. The molecule has 0 radical (unpaired) electrons. The van der Waals surface area contributed by atoms with Crippen LogP contribution in [-0.4, -0.2) is 18.0 Å². The molecule has 0 amide bonds. The lowest BCUT2D eigenvalue weighted by atomic mass is 10.0. The van der Waals surface area contributed by atoms with E-state index in [4.69, 9.17) is 9.84 Å². The molecule has 0 bridgehead atoms. The van der Waals surface area contributed by atoms with Crippen LogP contribution in [0.5, 0.6) is 5.75 Å². The second-order valence-corrected chi connectivity index (χ2v) is 4.02. The van der Waals surface area contributed by atoms with Gasteiger partial charge in [0, 0.05) is 16.7 Å². The zero-order valence-corrected chi connectivity index (χ0v) is 10.4. The number of rotatable bonds is 4. The Bertz CT molecular complexity index is 591.